The van der Waals surface area contributed by atoms with Gasteiger partial charge in [-0.05, 0) is 29.3 Å². The zero-order chi connectivity index (χ0) is 16.4. The van der Waals surface area contributed by atoms with E-state index in [0.29, 0.717) is 13.0 Å². The third kappa shape index (κ3) is 2.90. The summed E-state index contributed by atoms with van der Waals surface area (Å²) in [6.45, 7) is 0.356. The second-order valence-corrected chi connectivity index (χ2v) is 5.69. The minimum atomic E-state index is -0.354. The Balaban J connectivity index is 1.66. The van der Waals surface area contributed by atoms with Crippen LogP contribution in [0.1, 0.15) is 11.1 Å². The number of halogens is 1. The lowest BCUT2D eigenvalue weighted by molar-refractivity contribution is 0.495. The Hall–Kier alpha value is -3.02. The van der Waals surface area contributed by atoms with Crippen molar-refractivity contribution < 1.29 is 4.39 Å². The Bertz CT molecular complexity index is 959. The number of H-pyrrole nitrogens is 1. The molecule has 0 atom stereocenters. The molecule has 5 nitrogen and oxygen atoms in total. The number of aromatic amines is 1. The van der Waals surface area contributed by atoms with Crippen LogP contribution in [0.25, 0.3) is 22.4 Å². The van der Waals surface area contributed by atoms with Crippen molar-refractivity contribution in [2.24, 2.45) is 0 Å². The fourth-order valence-electron chi connectivity index (χ4n) is 2.75. The van der Waals surface area contributed by atoms with Gasteiger partial charge in [-0.3, -0.25) is 9.37 Å². The number of rotatable bonds is 5. The molecule has 4 aromatic rings. The van der Waals surface area contributed by atoms with Gasteiger partial charge in [-0.15, -0.1) is 0 Å². The van der Waals surface area contributed by atoms with Crippen LogP contribution in [0.4, 0.5) is 4.39 Å². The van der Waals surface area contributed by atoms with Gasteiger partial charge in [-0.1, -0.05) is 6.07 Å². The number of nitrogens with one attached hydrogen (secondary N) is 1. The van der Waals surface area contributed by atoms with Gasteiger partial charge in [0.2, 0.25) is 0 Å². The van der Waals surface area contributed by atoms with E-state index in [2.05, 4.69) is 26.0 Å². The van der Waals surface area contributed by atoms with Gasteiger partial charge in [0, 0.05) is 36.8 Å². The first kappa shape index (κ1) is 14.6. The maximum Gasteiger partial charge on any atom is 0.140 e. The molecule has 0 radical (unpaired) electrons. The zero-order valence-electron chi connectivity index (χ0n) is 13.0. The van der Waals surface area contributed by atoms with Crippen molar-refractivity contribution in [2.75, 3.05) is 6.67 Å². The summed E-state index contributed by atoms with van der Waals surface area (Å²) in [4.78, 5) is 16.3. The number of alkyl halides is 1. The summed E-state index contributed by atoms with van der Waals surface area (Å²) in [6, 6.07) is 7.85. The molecule has 0 aliphatic carbocycles. The largest absolute Gasteiger partial charge is 0.338 e. The quantitative estimate of drug-likeness (QED) is 0.613. The first-order valence-electron chi connectivity index (χ1n) is 7.76. The van der Waals surface area contributed by atoms with E-state index in [9.17, 15) is 4.39 Å². The number of aromatic nitrogens is 5. The average Bonchev–Trinajstić information content (AvgIpc) is 3.24. The number of hydrogen-bond acceptors (Lipinski definition) is 3. The van der Waals surface area contributed by atoms with Crippen LogP contribution < -0.4 is 0 Å². The van der Waals surface area contributed by atoms with Crippen molar-refractivity contribution >= 4 is 11.0 Å². The number of hydrogen-bond donors (Lipinski definition) is 1. The Labute approximate surface area is 138 Å². The molecule has 1 N–H and O–H groups in total. The first-order valence-corrected chi connectivity index (χ1v) is 7.76. The number of pyridine rings is 1. The van der Waals surface area contributed by atoms with E-state index >= 15 is 0 Å². The molecule has 0 unspecified atom stereocenters. The van der Waals surface area contributed by atoms with Crippen LogP contribution >= 0.6 is 0 Å². The molecule has 3 aromatic heterocycles. The zero-order valence-corrected chi connectivity index (χ0v) is 13.0. The smallest absolute Gasteiger partial charge is 0.140 e. The van der Waals surface area contributed by atoms with Crippen LogP contribution in [-0.2, 0) is 13.0 Å². The fraction of sp³-hybridized carbons (Fsp3) is 0.167. The molecule has 6 heteroatoms. The number of imidazole rings is 2. The van der Waals surface area contributed by atoms with Crippen LogP contribution in [-0.4, -0.2) is 31.2 Å². The molecule has 24 heavy (non-hydrogen) atoms. The lowest BCUT2D eigenvalue weighted by atomic mass is 10.1. The minimum Gasteiger partial charge on any atom is -0.338 e. The Morgan fingerprint density at radius 3 is 2.88 bits per heavy atom. The summed E-state index contributed by atoms with van der Waals surface area (Å²) in [7, 11) is 0. The van der Waals surface area contributed by atoms with E-state index in [1.54, 1.807) is 18.7 Å². The van der Waals surface area contributed by atoms with Crippen molar-refractivity contribution in [2.45, 2.75) is 13.0 Å². The third-order valence-corrected chi connectivity index (χ3v) is 3.92. The Morgan fingerprint density at radius 2 is 2.04 bits per heavy atom. The van der Waals surface area contributed by atoms with E-state index in [-0.39, 0.29) is 6.67 Å². The molecule has 0 aliphatic heterocycles. The van der Waals surface area contributed by atoms with E-state index in [1.807, 2.05) is 35.2 Å². The molecule has 0 bridgehead atoms. The molecule has 0 aliphatic rings. The highest BCUT2D eigenvalue weighted by molar-refractivity contribution is 5.80. The van der Waals surface area contributed by atoms with E-state index in [4.69, 9.17) is 0 Å². The van der Waals surface area contributed by atoms with Gasteiger partial charge in [0.25, 0.3) is 0 Å². The van der Waals surface area contributed by atoms with Gasteiger partial charge in [0.05, 0.1) is 30.6 Å². The van der Waals surface area contributed by atoms with Gasteiger partial charge in [-0.2, -0.15) is 0 Å². The van der Waals surface area contributed by atoms with Crippen molar-refractivity contribution in [3.05, 3.63) is 66.5 Å². The summed E-state index contributed by atoms with van der Waals surface area (Å²) in [5.74, 6) is 0.766. The predicted octanol–water partition coefficient (Wildman–Crippen LogP) is 3.38. The van der Waals surface area contributed by atoms with Gasteiger partial charge >= 0.3 is 0 Å². The van der Waals surface area contributed by atoms with Crippen LogP contribution in [0.15, 0.2) is 55.4 Å². The normalized spacial score (nSPS) is 11.2. The highest BCUT2D eigenvalue weighted by atomic mass is 19.1. The van der Waals surface area contributed by atoms with E-state index in [0.717, 1.165) is 33.5 Å². The van der Waals surface area contributed by atoms with Crippen LogP contribution in [0.5, 0.6) is 0 Å². The number of benzene rings is 1. The Morgan fingerprint density at radius 1 is 1.08 bits per heavy atom. The lowest BCUT2D eigenvalue weighted by Crippen LogP contribution is -1.97. The molecule has 0 saturated carbocycles. The number of nitrogens with zero attached hydrogens (tertiary/aromatic N) is 4. The molecular formula is C18H16FN5. The van der Waals surface area contributed by atoms with Crippen molar-refractivity contribution in [3.63, 3.8) is 0 Å². The molecule has 0 spiro atoms. The Kier molecular flexibility index (Phi) is 3.78. The van der Waals surface area contributed by atoms with Crippen LogP contribution in [0.2, 0.25) is 0 Å². The van der Waals surface area contributed by atoms with Gasteiger partial charge in [0.15, 0.2) is 0 Å². The topological polar surface area (TPSA) is 59.4 Å². The summed E-state index contributed by atoms with van der Waals surface area (Å²) in [5.41, 5.74) is 4.75. The highest BCUT2D eigenvalue weighted by Gasteiger charge is 2.08. The highest BCUT2D eigenvalue weighted by Crippen LogP contribution is 2.22. The van der Waals surface area contributed by atoms with Gasteiger partial charge in [-0.25, -0.2) is 9.97 Å². The van der Waals surface area contributed by atoms with E-state index in [1.165, 1.54) is 0 Å². The average molecular weight is 321 g/mol. The van der Waals surface area contributed by atoms with Gasteiger partial charge in [0.1, 0.15) is 5.82 Å². The molecular weight excluding hydrogens is 305 g/mol. The van der Waals surface area contributed by atoms with Crippen molar-refractivity contribution in [1.29, 1.82) is 0 Å². The van der Waals surface area contributed by atoms with Crippen molar-refractivity contribution in [3.8, 4) is 11.4 Å². The maximum atomic E-state index is 12.5. The molecule has 0 fully saturated rings. The fourth-order valence-corrected chi connectivity index (χ4v) is 2.75. The summed E-state index contributed by atoms with van der Waals surface area (Å²) >= 11 is 0. The lowest BCUT2D eigenvalue weighted by Gasteiger charge is -2.03. The van der Waals surface area contributed by atoms with E-state index < -0.39 is 0 Å². The second-order valence-electron chi connectivity index (χ2n) is 5.69. The maximum absolute atomic E-state index is 12.5. The van der Waals surface area contributed by atoms with Gasteiger partial charge < -0.3 is 9.55 Å². The standard InChI is InChI=1S/C18H16FN5/c19-4-3-13-1-2-16-17(8-13)23-18(22-16)15-7-14(9-21-10-15)11-24-6-5-20-12-24/h1-2,5-10,12H,3-4,11H2,(H,22,23). The predicted molar refractivity (Wildman–Crippen MR) is 90.3 cm³/mol. The summed E-state index contributed by atoms with van der Waals surface area (Å²) < 4.78 is 14.5. The molecule has 4 rings (SSSR count). The SMILES string of the molecule is FCCc1ccc2nc(-c3cncc(Cn4ccnc4)c3)[nH]c2c1. The van der Waals surface area contributed by atoms with Crippen molar-refractivity contribution in [1.82, 2.24) is 24.5 Å². The summed E-state index contributed by atoms with van der Waals surface area (Å²) in [6.07, 6.45) is 9.50. The number of aryl methyl sites for hydroxylation is 1. The molecule has 3 heterocycles. The molecule has 0 amide bonds. The van der Waals surface area contributed by atoms with Crippen LogP contribution in [0, 0.1) is 0 Å². The minimum absolute atomic E-state index is 0.354. The summed E-state index contributed by atoms with van der Waals surface area (Å²) in [5, 5.41) is 0. The molecule has 0 saturated heterocycles. The van der Waals surface area contributed by atoms with Crippen LogP contribution in [0.3, 0.4) is 0 Å². The second kappa shape index (κ2) is 6.23. The third-order valence-electron chi connectivity index (χ3n) is 3.92. The monoisotopic (exact) mass is 321 g/mol. The first-order chi connectivity index (χ1) is 11.8. The molecule has 1 aromatic carbocycles. The molecule has 120 valence electrons. The number of fused-ring (bicyclic) bond motifs is 1.